The van der Waals surface area contributed by atoms with Gasteiger partial charge in [0.05, 0.1) is 12.8 Å². The number of amides is 4. The number of nitrogens with zero attached hydrogens (tertiary/aromatic N) is 2. The zero-order chi connectivity index (χ0) is 19.6. The van der Waals surface area contributed by atoms with Crippen molar-refractivity contribution in [3.63, 3.8) is 0 Å². The van der Waals surface area contributed by atoms with Gasteiger partial charge in [-0.2, -0.15) is 0 Å². The molecule has 8 heteroatoms. The van der Waals surface area contributed by atoms with Crippen LogP contribution in [0.5, 0.6) is 0 Å². The quantitative estimate of drug-likeness (QED) is 0.770. The third-order valence-corrected chi connectivity index (χ3v) is 4.99. The van der Waals surface area contributed by atoms with Gasteiger partial charge in [-0.3, -0.25) is 14.5 Å². The highest BCUT2D eigenvalue weighted by Gasteiger charge is 2.51. The van der Waals surface area contributed by atoms with Crippen molar-refractivity contribution >= 4 is 29.4 Å². The highest BCUT2D eigenvalue weighted by molar-refractivity contribution is 6.30. The normalized spacial score (nSPS) is 19.3. The molecule has 1 aliphatic rings. The minimum absolute atomic E-state index is 0.256. The Kier molecular flexibility index (Phi) is 5.23. The second kappa shape index (κ2) is 7.44. The lowest BCUT2D eigenvalue weighted by molar-refractivity contribution is -0.139. The lowest BCUT2D eigenvalue weighted by atomic mass is 9.87. The van der Waals surface area contributed by atoms with Crippen LogP contribution in [0.2, 0.25) is 5.02 Å². The van der Waals surface area contributed by atoms with Crippen LogP contribution >= 0.6 is 11.6 Å². The molecule has 1 saturated heterocycles. The van der Waals surface area contributed by atoms with Gasteiger partial charge in [0.15, 0.2) is 0 Å². The number of imide groups is 1. The first-order valence-corrected chi connectivity index (χ1v) is 8.91. The largest absolute Gasteiger partial charge is 0.467 e. The van der Waals surface area contributed by atoms with Crippen molar-refractivity contribution in [1.29, 1.82) is 0 Å². The molecule has 1 fully saturated rings. The van der Waals surface area contributed by atoms with E-state index in [1.807, 2.05) is 0 Å². The fourth-order valence-corrected chi connectivity index (χ4v) is 3.25. The summed E-state index contributed by atoms with van der Waals surface area (Å²) >= 11 is 5.92. The van der Waals surface area contributed by atoms with Crippen LogP contribution < -0.4 is 5.32 Å². The number of furan rings is 1. The van der Waals surface area contributed by atoms with E-state index in [0.717, 1.165) is 4.90 Å². The smallest absolute Gasteiger partial charge is 0.325 e. The molecule has 0 spiro atoms. The van der Waals surface area contributed by atoms with Crippen LogP contribution in [-0.2, 0) is 21.7 Å². The van der Waals surface area contributed by atoms with Crippen LogP contribution in [0.15, 0.2) is 47.1 Å². The van der Waals surface area contributed by atoms with Crippen molar-refractivity contribution in [2.24, 2.45) is 0 Å². The molecular weight excluding hydrogens is 370 g/mol. The molecule has 0 aliphatic carbocycles. The first-order valence-electron chi connectivity index (χ1n) is 8.54. The highest BCUT2D eigenvalue weighted by Crippen LogP contribution is 2.33. The van der Waals surface area contributed by atoms with Gasteiger partial charge in [-0.1, -0.05) is 30.7 Å². The summed E-state index contributed by atoms with van der Waals surface area (Å²) in [7, 11) is 1.59. The third-order valence-electron chi connectivity index (χ3n) is 4.74. The Balaban J connectivity index is 1.76. The number of nitrogens with one attached hydrogen (secondary N) is 1. The topological polar surface area (TPSA) is 82.9 Å². The molecule has 1 aromatic heterocycles. The maximum atomic E-state index is 13.0. The monoisotopic (exact) mass is 389 g/mol. The average Bonchev–Trinajstić information content (AvgIpc) is 3.24. The number of rotatable bonds is 6. The van der Waals surface area contributed by atoms with E-state index < -0.39 is 17.5 Å². The number of halogens is 1. The standard InChI is InChI=1S/C19H20ClN3O4/c1-3-19(13-6-8-14(20)9-7-13)17(25)23(18(26)21-19)12-16(24)22(2)11-15-5-4-10-27-15/h4-10H,3,11-12H2,1-2H3,(H,21,26). The van der Waals surface area contributed by atoms with Gasteiger partial charge >= 0.3 is 6.03 Å². The maximum Gasteiger partial charge on any atom is 0.325 e. The molecule has 27 heavy (non-hydrogen) atoms. The van der Waals surface area contributed by atoms with Crippen LogP contribution in [0.3, 0.4) is 0 Å². The molecule has 142 valence electrons. The Morgan fingerprint density at radius 2 is 1.96 bits per heavy atom. The molecule has 0 radical (unpaired) electrons. The molecule has 1 unspecified atom stereocenters. The van der Waals surface area contributed by atoms with Gasteiger partial charge in [-0.05, 0) is 36.2 Å². The molecule has 2 heterocycles. The predicted molar refractivity (Wildman–Crippen MR) is 98.8 cm³/mol. The van der Waals surface area contributed by atoms with E-state index in [1.54, 1.807) is 50.4 Å². The summed E-state index contributed by atoms with van der Waals surface area (Å²) in [6.07, 6.45) is 1.87. The Bertz CT molecular complexity index is 850. The van der Waals surface area contributed by atoms with Crippen molar-refractivity contribution < 1.29 is 18.8 Å². The van der Waals surface area contributed by atoms with Gasteiger partial charge in [-0.25, -0.2) is 4.79 Å². The number of hydrogen-bond donors (Lipinski definition) is 1. The molecule has 2 aromatic rings. The van der Waals surface area contributed by atoms with Crippen molar-refractivity contribution in [3.05, 3.63) is 59.0 Å². The van der Waals surface area contributed by atoms with Crippen molar-refractivity contribution in [2.75, 3.05) is 13.6 Å². The average molecular weight is 390 g/mol. The zero-order valence-electron chi connectivity index (χ0n) is 15.1. The van der Waals surface area contributed by atoms with Crippen molar-refractivity contribution in [1.82, 2.24) is 15.1 Å². The van der Waals surface area contributed by atoms with E-state index in [0.29, 0.717) is 22.8 Å². The fraction of sp³-hybridized carbons (Fsp3) is 0.316. The summed E-state index contributed by atoms with van der Waals surface area (Å²) in [5.74, 6) is -0.193. The van der Waals surface area contributed by atoms with Crippen LogP contribution in [0.4, 0.5) is 4.79 Å². The molecule has 1 aliphatic heterocycles. The Morgan fingerprint density at radius 3 is 2.56 bits per heavy atom. The van der Waals surface area contributed by atoms with E-state index in [4.69, 9.17) is 16.0 Å². The Morgan fingerprint density at radius 1 is 1.26 bits per heavy atom. The van der Waals surface area contributed by atoms with Gasteiger partial charge in [0.1, 0.15) is 17.8 Å². The molecule has 1 aromatic carbocycles. The first-order chi connectivity index (χ1) is 12.9. The van der Waals surface area contributed by atoms with Crippen LogP contribution in [0.1, 0.15) is 24.7 Å². The summed E-state index contributed by atoms with van der Waals surface area (Å²) in [5, 5.41) is 3.28. The molecule has 4 amide bonds. The lowest BCUT2D eigenvalue weighted by Gasteiger charge is -2.26. The Hall–Kier alpha value is -2.80. The summed E-state index contributed by atoms with van der Waals surface area (Å²) < 4.78 is 5.22. The summed E-state index contributed by atoms with van der Waals surface area (Å²) in [6.45, 7) is 1.73. The van der Waals surface area contributed by atoms with Crippen LogP contribution in [0.25, 0.3) is 0 Å². The van der Waals surface area contributed by atoms with E-state index >= 15 is 0 Å². The second-order valence-corrected chi connectivity index (χ2v) is 6.85. The van der Waals surface area contributed by atoms with E-state index in [1.165, 1.54) is 11.2 Å². The van der Waals surface area contributed by atoms with Crippen LogP contribution in [-0.4, -0.2) is 41.2 Å². The maximum absolute atomic E-state index is 13.0. The van der Waals surface area contributed by atoms with E-state index in [2.05, 4.69) is 5.32 Å². The number of urea groups is 1. The molecule has 7 nitrogen and oxygen atoms in total. The molecule has 1 atom stereocenters. The number of likely N-dealkylation sites (N-methyl/N-ethyl adjacent to an activating group) is 1. The van der Waals surface area contributed by atoms with Gasteiger partial charge in [0.2, 0.25) is 5.91 Å². The van der Waals surface area contributed by atoms with Gasteiger partial charge in [0.25, 0.3) is 5.91 Å². The first kappa shape index (κ1) is 19.0. The second-order valence-electron chi connectivity index (χ2n) is 6.42. The zero-order valence-corrected chi connectivity index (χ0v) is 15.8. The van der Waals surface area contributed by atoms with E-state index in [-0.39, 0.29) is 19.0 Å². The van der Waals surface area contributed by atoms with Crippen molar-refractivity contribution in [3.8, 4) is 0 Å². The number of hydrogen-bond acceptors (Lipinski definition) is 4. The number of benzene rings is 1. The molecule has 0 bridgehead atoms. The Labute approximate surface area is 161 Å². The molecular formula is C19H20ClN3O4. The fourth-order valence-electron chi connectivity index (χ4n) is 3.12. The van der Waals surface area contributed by atoms with E-state index in [9.17, 15) is 14.4 Å². The van der Waals surface area contributed by atoms with Gasteiger partial charge < -0.3 is 14.6 Å². The number of carbonyl (C=O) groups is 3. The minimum Gasteiger partial charge on any atom is -0.467 e. The molecule has 3 rings (SSSR count). The third kappa shape index (κ3) is 3.55. The van der Waals surface area contributed by atoms with Crippen LogP contribution in [0, 0.1) is 0 Å². The predicted octanol–water partition coefficient (Wildman–Crippen LogP) is 2.75. The van der Waals surface area contributed by atoms with Crippen molar-refractivity contribution in [2.45, 2.75) is 25.4 Å². The summed E-state index contributed by atoms with van der Waals surface area (Å²) in [6, 6.07) is 9.64. The minimum atomic E-state index is -1.19. The molecule has 1 N–H and O–H groups in total. The van der Waals surface area contributed by atoms with Gasteiger partial charge in [0, 0.05) is 12.1 Å². The highest BCUT2D eigenvalue weighted by atomic mass is 35.5. The summed E-state index contributed by atoms with van der Waals surface area (Å²) in [4.78, 5) is 40.4. The SMILES string of the molecule is CCC1(c2ccc(Cl)cc2)NC(=O)N(CC(=O)N(C)Cc2ccco2)C1=O. The lowest BCUT2D eigenvalue weighted by Crippen LogP contribution is -2.45. The molecule has 0 saturated carbocycles. The summed E-state index contributed by atoms with van der Waals surface area (Å²) in [5.41, 5.74) is -0.562. The number of carbonyl (C=O) groups excluding carboxylic acids is 3. The van der Waals surface area contributed by atoms with Gasteiger partial charge in [-0.15, -0.1) is 0 Å².